The number of carbonyl (C=O) groups excluding carboxylic acids is 3. The second kappa shape index (κ2) is 30.8. The number of carbonyl (C=O) groups is 3. The van der Waals surface area contributed by atoms with Crippen molar-refractivity contribution in [2.45, 2.75) is 98.4 Å². The van der Waals surface area contributed by atoms with Crippen molar-refractivity contribution in [2.75, 3.05) is 58.6 Å². The Balaban J connectivity index is -0.000000718. The third kappa shape index (κ3) is 37.3. The first-order valence-corrected chi connectivity index (χ1v) is 15.8. The summed E-state index contributed by atoms with van der Waals surface area (Å²) < 4.78 is 21.5. The molecule has 2 amide bonds. The fraction of sp³-hybridized carbons (Fsp3) is 0.867. The van der Waals surface area contributed by atoms with Gasteiger partial charge in [0.2, 0.25) is 11.8 Å². The summed E-state index contributed by atoms with van der Waals surface area (Å²) in [6.45, 7) is 24.6. The molecule has 0 aromatic rings. The topological polar surface area (TPSA) is 112 Å². The number of amides is 2. The van der Waals surface area contributed by atoms with Gasteiger partial charge in [0.05, 0.1) is 45.7 Å². The predicted octanol–water partition coefficient (Wildman–Crippen LogP) is 4.46. The normalized spacial score (nSPS) is 11.7. The Labute approximate surface area is 269 Å². The molecule has 0 aliphatic heterocycles. The molecule has 11 heteroatoms. The Kier molecular flexibility index (Phi) is 33.7. The van der Waals surface area contributed by atoms with Crippen LogP contribution in [-0.2, 0) is 54.4 Å². The Hall–Kier alpha value is -0.642. The number of ether oxygens (including phenoxy) is 4. The van der Waals surface area contributed by atoms with Crippen molar-refractivity contribution >= 4 is 29.4 Å². The summed E-state index contributed by atoms with van der Waals surface area (Å²) in [6.07, 6.45) is 2.78. The van der Waals surface area contributed by atoms with E-state index in [2.05, 4.69) is 45.3 Å². The molecule has 244 valence electrons. The quantitative estimate of drug-likeness (QED) is 0.109. The molecule has 0 fully saturated rings. The molecule has 0 radical (unpaired) electrons. The van der Waals surface area contributed by atoms with E-state index >= 15 is 0 Å². The zero-order chi connectivity index (χ0) is 30.8. The van der Waals surface area contributed by atoms with E-state index in [1.807, 2.05) is 27.7 Å². The molecular formula is C30H59N2O7SW-. The van der Waals surface area contributed by atoms with E-state index < -0.39 is 6.04 Å². The van der Waals surface area contributed by atoms with Gasteiger partial charge in [-0.05, 0) is 43.8 Å². The smallest absolute Gasteiger partial charge is 0.222 e. The van der Waals surface area contributed by atoms with E-state index in [1.54, 1.807) is 11.8 Å². The first-order valence-electron chi connectivity index (χ1n) is 14.7. The number of Topliss-reactive ketones (excluding diaryl/α,β-unsaturated/α-hetero) is 1. The van der Waals surface area contributed by atoms with Crippen LogP contribution in [0.25, 0.3) is 0 Å². The maximum Gasteiger partial charge on any atom is 0.222 e. The van der Waals surface area contributed by atoms with Crippen molar-refractivity contribution in [1.29, 1.82) is 0 Å². The summed E-state index contributed by atoms with van der Waals surface area (Å²) in [5, 5.41) is 5.94. The fourth-order valence-corrected chi connectivity index (χ4v) is 3.62. The van der Waals surface area contributed by atoms with Gasteiger partial charge < -0.3 is 41.3 Å². The van der Waals surface area contributed by atoms with Crippen LogP contribution in [0.5, 0.6) is 0 Å². The number of rotatable bonds is 24. The summed E-state index contributed by atoms with van der Waals surface area (Å²) in [6, 6.07) is -0.323. The number of hydrogen-bond donors (Lipinski definition) is 2. The molecule has 0 bridgehead atoms. The number of nitrogens with one attached hydrogen (secondary N) is 2. The first-order chi connectivity index (χ1) is 18.8. The van der Waals surface area contributed by atoms with Crippen LogP contribution < -0.4 is 10.6 Å². The molecule has 0 rings (SSSR count). The minimum absolute atomic E-state index is 0. The van der Waals surface area contributed by atoms with Crippen LogP contribution in [-0.4, -0.2) is 93.5 Å². The molecule has 0 aliphatic carbocycles. The van der Waals surface area contributed by atoms with E-state index in [0.717, 1.165) is 26.1 Å². The molecule has 0 saturated heterocycles. The summed E-state index contributed by atoms with van der Waals surface area (Å²) in [5.74, 6) is 1.47. The third-order valence-electron chi connectivity index (χ3n) is 5.14. The van der Waals surface area contributed by atoms with Crippen molar-refractivity contribution in [2.24, 2.45) is 11.8 Å². The minimum atomic E-state index is -0.519. The summed E-state index contributed by atoms with van der Waals surface area (Å²) in [7, 11) is 0. The number of ketones is 1. The Morgan fingerprint density at radius 2 is 1.02 bits per heavy atom. The zero-order valence-electron chi connectivity index (χ0n) is 27.0. The Bertz CT molecular complexity index is 638. The maximum atomic E-state index is 11.8. The van der Waals surface area contributed by atoms with E-state index in [4.69, 9.17) is 18.9 Å². The van der Waals surface area contributed by atoms with Gasteiger partial charge in [-0.25, -0.2) is 0 Å². The van der Waals surface area contributed by atoms with Crippen LogP contribution in [0, 0.1) is 18.8 Å². The van der Waals surface area contributed by atoms with Gasteiger partial charge >= 0.3 is 0 Å². The second-order valence-electron chi connectivity index (χ2n) is 11.0. The molecule has 41 heavy (non-hydrogen) atoms. The molecule has 9 nitrogen and oxygen atoms in total. The van der Waals surface area contributed by atoms with Gasteiger partial charge in [0, 0.05) is 64.7 Å². The van der Waals surface area contributed by atoms with Gasteiger partial charge in [0.15, 0.2) is 0 Å². The maximum absolute atomic E-state index is 11.8. The number of thioether (sulfide) groups is 1. The van der Waals surface area contributed by atoms with Gasteiger partial charge in [-0.3, -0.25) is 9.59 Å². The molecule has 0 aromatic carbocycles. The fourth-order valence-electron chi connectivity index (χ4n) is 2.78. The van der Waals surface area contributed by atoms with Crippen LogP contribution in [0.3, 0.4) is 0 Å². The third-order valence-corrected chi connectivity index (χ3v) is 6.33. The van der Waals surface area contributed by atoms with E-state index in [9.17, 15) is 14.4 Å². The average Bonchev–Trinajstić information content (AvgIpc) is 2.84. The number of hydrogen-bond acceptors (Lipinski definition) is 8. The molecule has 1 unspecified atom stereocenters. The van der Waals surface area contributed by atoms with Gasteiger partial charge in [-0.15, -0.1) is 0 Å². The van der Waals surface area contributed by atoms with Crippen molar-refractivity contribution in [3.63, 3.8) is 0 Å². The van der Waals surface area contributed by atoms with Crippen molar-refractivity contribution in [1.82, 2.24) is 10.6 Å². The van der Waals surface area contributed by atoms with Crippen LogP contribution in [0.2, 0.25) is 0 Å². The van der Waals surface area contributed by atoms with Gasteiger partial charge in [-0.2, -0.15) is 11.8 Å². The summed E-state index contributed by atoms with van der Waals surface area (Å²) in [5.41, 5.74) is 0. The molecule has 0 aromatic heterocycles. The van der Waals surface area contributed by atoms with Crippen LogP contribution in [0.15, 0.2) is 0 Å². The standard InChI is InChI=1S/C17H32NO4S.C13H27NO3.W/c1-13(2)6-8-21-10-11-22-9-7-17(20)18-16(15(5)19)12-23-14(3)4;1-11(2)5-7-16-9-10-17-8-6-13(15)14-12(3)4;/h13-14,16H,5-12H2,1-4H3,(H,18,20);11-12H,5-10H2,1-4H3,(H,14,15);/q-1;;. The first kappa shape index (κ1) is 44.8. The molecular weight excluding hydrogens is 716 g/mol. The largest absolute Gasteiger partial charge is 0.379 e. The average molecular weight is 776 g/mol. The van der Waals surface area contributed by atoms with Crippen LogP contribution >= 0.6 is 11.8 Å². The molecule has 2 N–H and O–H groups in total. The van der Waals surface area contributed by atoms with E-state index in [0.29, 0.717) is 68.9 Å². The van der Waals surface area contributed by atoms with Crippen molar-refractivity contribution in [3.05, 3.63) is 6.92 Å². The summed E-state index contributed by atoms with van der Waals surface area (Å²) >= 11 is 1.63. The predicted molar refractivity (Wildman–Crippen MR) is 165 cm³/mol. The summed E-state index contributed by atoms with van der Waals surface area (Å²) in [4.78, 5) is 34.5. The molecule has 0 aliphatic rings. The van der Waals surface area contributed by atoms with Crippen LogP contribution in [0.1, 0.15) is 81.1 Å². The Morgan fingerprint density at radius 1 is 0.634 bits per heavy atom. The van der Waals surface area contributed by atoms with Crippen molar-refractivity contribution < 1.29 is 54.4 Å². The molecule has 0 heterocycles. The second-order valence-corrected chi connectivity index (χ2v) is 12.6. The van der Waals surface area contributed by atoms with Gasteiger partial charge in [-0.1, -0.05) is 41.5 Å². The zero-order valence-corrected chi connectivity index (χ0v) is 30.7. The van der Waals surface area contributed by atoms with Crippen LogP contribution in [0.4, 0.5) is 0 Å². The molecule has 0 spiro atoms. The van der Waals surface area contributed by atoms with E-state index in [-0.39, 0.29) is 51.1 Å². The minimum Gasteiger partial charge on any atom is -0.379 e. The van der Waals surface area contributed by atoms with Gasteiger partial charge in [0.1, 0.15) is 0 Å². The monoisotopic (exact) mass is 775 g/mol. The molecule has 1 atom stereocenters. The molecule has 0 saturated carbocycles. The van der Waals surface area contributed by atoms with E-state index in [1.165, 1.54) is 0 Å². The SMILES string of the molecule is CC(C)CCOCCOCCC(=O)NC(C)C.[CH2-]C(=O)C(CSC(C)C)NC(=O)CCOCCOCCC(C)C.[W]. The Morgan fingerprint density at radius 3 is 1.37 bits per heavy atom. The van der Waals surface area contributed by atoms with Gasteiger partial charge in [0.25, 0.3) is 0 Å². The van der Waals surface area contributed by atoms with Crippen molar-refractivity contribution in [3.8, 4) is 0 Å².